The molecule has 2 aromatic rings. The molecule has 0 aliphatic carbocycles. The van der Waals surface area contributed by atoms with Gasteiger partial charge in [-0.25, -0.2) is 4.39 Å². The second-order valence-corrected chi connectivity index (χ2v) is 6.03. The van der Waals surface area contributed by atoms with Gasteiger partial charge in [-0.05, 0) is 37.6 Å². The Balaban J connectivity index is 1.84. The van der Waals surface area contributed by atoms with Crippen molar-refractivity contribution in [2.45, 2.75) is 25.2 Å². The topological polar surface area (TPSA) is 29.1 Å². The molecule has 0 atom stereocenters. The fourth-order valence-electron chi connectivity index (χ4n) is 1.98. The molecule has 2 nitrogen and oxygen atoms in total. The van der Waals surface area contributed by atoms with Crippen LogP contribution in [0.5, 0.6) is 0 Å². The van der Waals surface area contributed by atoms with Gasteiger partial charge in [0.15, 0.2) is 0 Å². The molecule has 0 aliphatic rings. The summed E-state index contributed by atoms with van der Waals surface area (Å²) < 4.78 is 13.4. The average molecular weight is 303 g/mol. The van der Waals surface area contributed by atoms with Gasteiger partial charge in [-0.15, -0.1) is 11.8 Å². The lowest BCUT2D eigenvalue weighted by Crippen LogP contribution is -2.13. The van der Waals surface area contributed by atoms with Crippen molar-refractivity contribution in [3.05, 3.63) is 59.4 Å². The minimum atomic E-state index is -0.239. The number of aryl methyl sites for hydroxylation is 2. The van der Waals surface area contributed by atoms with Crippen LogP contribution < -0.4 is 5.32 Å². The molecule has 0 saturated carbocycles. The van der Waals surface area contributed by atoms with E-state index in [0.717, 1.165) is 11.3 Å². The van der Waals surface area contributed by atoms with Crippen LogP contribution >= 0.6 is 11.8 Å². The van der Waals surface area contributed by atoms with Gasteiger partial charge in [0.2, 0.25) is 5.91 Å². The number of hydrogen-bond donors (Lipinski definition) is 1. The maximum atomic E-state index is 13.4. The lowest BCUT2D eigenvalue weighted by molar-refractivity contribution is -0.115. The quantitative estimate of drug-likeness (QED) is 0.820. The van der Waals surface area contributed by atoms with Crippen LogP contribution in [0.1, 0.15) is 17.5 Å². The van der Waals surface area contributed by atoms with E-state index in [1.54, 1.807) is 18.2 Å². The summed E-state index contributed by atoms with van der Waals surface area (Å²) in [6, 6.07) is 12.5. The Morgan fingerprint density at radius 1 is 1.19 bits per heavy atom. The van der Waals surface area contributed by atoms with Crippen LogP contribution in [0.3, 0.4) is 0 Å². The highest BCUT2D eigenvalue weighted by atomic mass is 32.2. The molecule has 0 aromatic heterocycles. The predicted molar refractivity (Wildman–Crippen MR) is 86.3 cm³/mol. The zero-order valence-electron chi connectivity index (χ0n) is 12.2. The van der Waals surface area contributed by atoms with Crippen molar-refractivity contribution in [1.29, 1.82) is 0 Å². The maximum absolute atomic E-state index is 13.4. The van der Waals surface area contributed by atoms with Gasteiger partial charge in [0.05, 0.1) is 0 Å². The van der Waals surface area contributed by atoms with Gasteiger partial charge >= 0.3 is 0 Å². The Morgan fingerprint density at radius 2 is 1.95 bits per heavy atom. The summed E-state index contributed by atoms with van der Waals surface area (Å²) in [5, 5.41) is 2.89. The molecule has 0 radical (unpaired) electrons. The molecular weight excluding hydrogens is 285 g/mol. The van der Waals surface area contributed by atoms with Crippen molar-refractivity contribution >= 4 is 23.4 Å². The van der Waals surface area contributed by atoms with Crippen LogP contribution in [0.25, 0.3) is 0 Å². The zero-order chi connectivity index (χ0) is 15.2. The zero-order valence-corrected chi connectivity index (χ0v) is 13.0. The number of carbonyl (C=O) groups is 1. The van der Waals surface area contributed by atoms with Crippen LogP contribution in [0, 0.1) is 19.7 Å². The molecule has 1 amide bonds. The van der Waals surface area contributed by atoms with E-state index in [-0.39, 0.29) is 11.7 Å². The van der Waals surface area contributed by atoms with Crippen molar-refractivity contribution in [2.24, 2.45) is 0 Å². The van der Waals surface area contributed by atoms with Gasteiger partial charge in [0, 0.05) is 22.8 Å². The molecule has 0 fully saturated rings. The van der Waals surface area contributed by atoms with E-state index < -0.39 is 0 Å². The summed E-state index contributed by atoms with van der Waals surface area (Å²) in [6.45, 7) is 3.99. The molecule has 110 valence electrons. The van der Waals surface area contributed by atoms with Crippen LogP contribution in [-0.2, 0) is 4.79 Å². The van der Waals surface area contributed by atoms with E-state index in [2.05, 4.69) is 5.32 Å². The van der Waals surface area contributed by atoms with Crippen molar-refractivity contribution < 1.29 is 9.18 Å². The first-order valence-electron chi connectivity index (χ1n) is 6.80. The summed E-state index contributed by atoms with van der Waals surface area (Å²) in [5.74, 6) is 0.264. The number of thioether (sulfide) groups is 1. The fourth-order valence-corrected chi connectivity index (χ4v) is 2.87. The van der Waals surface area contributed by atoms with Crippen LogP contribution in [-0.4, -0.2) is 11.7 Å². The highest BCUT2D eigenvalue weighted by Crippen LogP contribution is 2.22. The third-order valence-electron chi connectivity index (χ3n) is 3.08. The molecule has 1 N–H and O–H groups in total. The molecule has 0 heterocycles. The second-order valence-electron chi connectivity index (χ2n) is 4.90. The third kappa shape index (κ3) is 4.60. The molecule has 0 aliphatic heterocycles. The van der Waals surface area contributed by atoms with E-state index in [1.807, 2.05) is 32.0 Å². The summed E-state index contributed by atoms with van der Waals surface area (Å²) in [5.41, 5.74) is 3.05. The number of hydrogen-bond acceptors (Lipinski definition) is 2. The first kappa shape index (κ1) is 15.6. The lowest BCUT2D eigenvalue weighted by Gasteiger charge is -2.09. The van der Waals surface area contributed by atoms with E-state index in [1.165, 1.54) is 23.4 Å². The molecule has 0 saturated heterocycles. The fraction of sp³-hybridized carbons (Fsp3) is 0.235. The molecule has 4 heteroatoms. The number of benzene rings is 2. The first-order chi connectivity index (χ1) is 10.1. The standard InChI is InChI=1S/C17H18FNOS/c1-12-7-8-15(13(2)11-12)19-17(20)9-10-21-16-6-4-3-5-14(16)18/h3-8,11H,9-10H2,1-2H3,(H,19,20). The van der Waals surface area contributed by atoms with Crippen molar-refractivity contribution in [2.75, 3.05) is 11.1 Å². The van der Waals surface area contributed by atoms with E-state index in [9.17, 15) is 9.18 Å². The summed E-state index contributed by atoms with van der Waals surface area (Å²) in [7, 11) is 0. The predicted octanol–water partition coefficient (Wildman–Crippen LogP) is 4.56. The average Bonchev–Trinajstić information content (AvgIpc) is 2.44. The van der Waals surface area contributed by atoms with E-state index >= 15 is 0 Å². The lowest BCUT2D eigenvalue weighted by atomic mass is 10.1. The second kappa shape index (κ2) is 7.27. The molecule has 2 aromatic carbocycles. The van der Waals surface area contributed by atoms with Gasteiger partial charge in [0.1, 0.15) is 5.82 Å². The normalized spacial score (nSPS) is 10.4. The van der Waals surface area contributed by atoms with E-state index in [0.29, 0.717) is 17.1 Å². The Morgan fingerprint density at radius 3 is 2.67 bits per heavy atom. The largest absolute Gasteiger partial charge is 0.326 e. The number of halogens is 1. The highest BCUT2D eigenvalue weighted by Gasteiger charge is 2.07. The van der Waals surface area contributed by atoms with Gasteiger partial charge in [0.25, 0.3) is 0 Å². The Hall–Kier alpha value is -1.81. The molecule has 0 unspecified atom stereocenters. The molecule has 0 bridgehead atoms. The van der Waals surface area contributed by atoms with Gasteiger partial charge in [-0.1, -0.05) is 29.8 Å². The first-order valence-corrected chi connectivity index (χ1v) is 7.79. The minimum absolute atomic E-state index is 0.0502. The van der Waals surface area contributed by atoms with Gasteiger partial charge < -0.3 is 5.32 Å². The monoisotopic (exact) mass is 303 g/mol. The Labute approximate surface area is 128 Å². The summed E-state index contributed by atoms with van der Waals surface area (Å²) in [4.78, 5) is 12.5. The number of amides is 1. The number of nitrogens with one attached hydrogen (secondary N) is 1. The number of carbonyl (C=O) groups excluding carboxylic acids is 1. The summed E-state index contributed by atoms with van der Waals surface area (Å²) >= 11 is 1.36. The van der Waals surface area contributed by atoms with Crippen molar-refractivity contribution in [3.8, 4) is 0 Å². The van der Waals surface area contributed by atoms with E-state index in [4.69, 9.17) is 0 Å². The van der Waals surface area contributed by atoms with Crippen molar-refractivity contribution in [3.63, 3.8) is 0 Å². The molecule has 0 spiro atoms. The minimum Gasteiger partial charge on any atom is -0.326 e. The third-order valence-corrected chi connectivity index (χ3v) is 4.13. The Kier molecular flexibility index (Phi) is 5.39. The van der Waals surface area contributed by atoms with Crippen molar-refractivity contribution in [1.82, 2.24) is 0 Å². The van der Waals surface area contributed by atoms with Crippen LogP contribution in [0.15, 0.2) is 47.4 Å². The molecule has 21 heavy (non-hydrogen) atoms. The summed E-state index contributed by atoms with van der Waals surface area (Å²) in [6.07, 6.45) is 0.353. The number of rotatable bonds is 5. The Bertz CT molecular complexity index is 642. The maximum Gasteiger partial charge on any atom is 0.225 e. The van der Waals surface area contributed by atoms with Gasteiger partial charge in [-0.3, -0.25) is 4.79 Å². The number of anilines is 1. The smallest absolute Gasteiger partial charge is 0.225 e. The highest BCUT2D eigenvalue weighted by molar-refractivity contribution is 7.99. The van der Waals surface area contributed by atoms with Crippen LogP contribution in [0.4, 0.5) is 10.1 Å². The van der Waals surface area contributed by atoms with Gasteiger partial charge in [-0.2, -0.15) is 0 Å². The SMILES string of the molecule is Cc1ccc(NC(=O)CCSc2ccccc2F)c(C)c1. The molecule has 2 rings (SSSR count). The van der Waals surface area contributed by atoms with Crippen LogP contribution in [0.2, 0.25) is 0 Å². The molecular formula is C17H18FNOS.